The Morgan fingerprint density at radius 2 is 1.41 bits per heavy atom. The van der Waals surface area contributed by atoms with Crippen LogP contribution in [0.1, 0.15) is 142 Å². The molecule has 0 heterocycles. The quantitative estimate of drug-likeness (QED) is 0.0300. The molecule has 0 fully saturated rings. The lowest BCUT2D eigenvalue weighted by Crippen LogP contribution is -2.55. The lowest BCUT2D eigenvalue weighted by atomic mass is 9.82. The Labute approximate surface area is 323 Å². The number of ether oxygens (including phenoxy) is 3. The maximum Gasteiger partial charge on any atom is 0.337 e. The summed E-state index contributed by atoms with van der Waals surface area (Å²) in [5.41, 5.74) is -2.20. The SMILES string of the molecule is CC#CCOc1ccc(C[C@H](NC(=O)[C@@H](/C=C/CCCCCCC(=O)CCCCCCC)[C@@](O)(CC(=O)OCCCC)C(=O)O)C(=O)OCCCC)cc1. The molecule has 3 N–H and O–H groups in total. The van der Waals surface area contributed by atoms with E-state index in [1.54, 1.807) is 37.3 Å². The zero-order chi connectivity index (χ0) is 40.0. The number of ketones is 1. The topological polar surface area (TPSA) is 166 Å². The van der Waals surface area contributed by atoms with Crippen LogP contribution in [0.5, 0.6) is 5.75 Å². The molecule has 0 bridgehead atoms. The molecule has 0 saturated heterocycles. The number of benzene rings is 1. The molecule has 0 saturated carbocycles. The first-order valence-electron chi connectivity index (χ1n) is 19.9. The molecule has 54 heavy (non-hydrogen) atoms. The minimum Gasteiger partial charge on any atom is -0.481 e. The zero-order valence-corrected chi connectivity index (χ0v) is 33.1. The van der Waals surface area contributed by atoms with Crippen molar-refractivity contribution in [2.45, 2.75) is 155 Å². The monoisotopic (exact) mass is 755 g/mol. The van der Waals surface area contributed by atoms with Crippen LogP contribution in [0.25, 0.3) is 0 Å². The Hall–Kier alpha value is -4.17. The first-order chi connectivity index (χ1) is 26.0. The average Bonchev–Trinajstić information content (AvgIpc) is 3.14. The smallest absolute Gasteiger partial charge is 0.337 e. The van der Waals surface area contributed by atoms with E-state index in [4.69, 9.17) is 14.2 Å². The standard InChI is InChI=1S/C43H65NO10/c1-5-9-13-16-19-22-35(45)23-20-17-14-15-18-21-24-37(43(51,42(49)50)33-39(46)53-30-11-7-3)40(47)44-38(41(48)54-31-12-8-4)32-34-25-27-36(28-26-34)52-29-10-6-2/h21,24-28,37-38,51H,5,7-9,11-20,22-23,29-33H2,1-4H3,(H,44,47)(H,49,50)/b24-21+/t37-,38+,43+/m1/s1. The van der Waals surface area contributed by atoms with E-state index in [0.29, 0.717) is 49.8 Å². The number of amides is 1. The van der Waals surface area contributed by atoms with Crippen LogP contribution >= 0.6 is 0 Å². The highest BCUT2D eigenvalue weighted by molar-refractivity contribution is 5.95. The summed E-state index contributed by atoms with van der Waals surface area (Å²) < 4.78 is 16.2. The third kappa shape index (κ3) is 20.3. The van der Waals surface area contributed by atoms with Crippen LogP contribution in [0.15, 0.2) is 36.4 Å². The molecule has 1 aromatic carbocycles. The summed E-state index contributed by atoms with van der Waals surface area (Å²) in [4.78, 5) is 64.7. The normalized spacial score (nSPS) is 13.2. The molecule has 11 heteroatoms. The third-order valence-corrected chi connectivity index (χ3v) is 9.00. The van der Waals surface area contributed by atoms with Crippen LogP contribution in [0.3, 0.4) is 0 Å². The molecule has 1 rings (SSSR count). The number of allylic oxidation sites excluding steroid dienone is 1. The molecule has 0 spiro atoms. The summed E-state index contributed by atoms with van der Waals surface area (Å²) in [6.45, 7) is 8.11. The number of carboxylic acids is 1. The molecule has 0 aliphatic heterocycles. The molecule has 0 radical (unpaired) electrons. The summed E-state index contributed by atoms with van der Waals surface area (Å²) in [6, 6.07) is 5.65. The highest BCUT2D eigenvalue weighted by Crippen LogP contribution is 2.27. The molecule has 1 aromatic rings. The fraction of sp³-hybridized carbons (Fsp3) is 0.651. The van der Waals surface area contributed by atoms with Crippen molar-refractivity contribution in [2.24, 2.45) is 5.92 Å². The van der Waals surface area contributed by atoms with Gasteiger partial charge < -0.3 is 29.7 Å². The van der Waals surface area contributed by atoms with E-state index in [2.05, 4.69) is 24.1 Å². The van der Waals surface area contributed by atoms with Crippen molar-refractivity contribution in [1.82, 2.24) is 5.32 Å². The van der Waals surface area contributed by atoms with Crippen molar-refractivity contribution in [2.75, 3.05) is 19.8 Å². The Bertz CT molecular complexity index is 1350. The fourth-order valence-corrected chi connectivity index (χ4v) is 5.63. The zero-order valence-electron chi connectivity index (χ0n) is 33.1. The number of rotatable bonds is 31. The van der Waals surface area contributed by atoms with Crippen molar-refractivity contribution >= 4 is 29.6 Å². The highest BCUT2D eigenvalue weighted by atomic mass is 16.5. The van der Waals surface area contributed by atoms with Crippen LogP contribution in [0.4, 0.5) is 0 Å². The number of carbonyl (C=O) groups excluding carboxylic acids is 4. The van der Waals surface area contributed by atoms with Gasteiger partial charge in [0.15, 0.2) is 5.60 Å². The third-order valence-electron chi connectivity index (χ3n) is 9.00. The maximum atomic E-state index is 14.0. The maximum absolute atomic E-state index is 14.0. The van der Waals surface area contributed by atoms with Crippen molar-refractivity contribution in [3.8, 4) is 17.6 Å². The number of carboxylic acid groups (broad SMARTS) is 1. The second-order valence-corrected chi connectivity index (χ2v) is 13.7. The Balaban J connectivity index is 3.13. The summed E-state index contributed by atoms with van der Waals surface area (Å²) in [5, 5.41) is 24.4. The Morgan fingerprint density at radius 1 is 0.815 bits per heavy atom. The molecule has 0 aliphatic carbocycles. The van der Waals surface area contributed by atoms with Gasteiger partial charge in [0.05, 0.1) is 25.6 Å². The predicted octanol–water partition coefficient (Wildman–Crippen LogP) is 7.45. The van der Waals surface area contributed by atoms with Gasteiger partial charge in [-0.25, -0.2) is 9.59 Å². The van der Waals surface area contributed by atoms with Crippen LogP contribution in [0.2, 0.25) is 0 Å². The van der Waals surface area contributed by atoms with Gasteiger partial charge in [0.25, 0.3) is 0 Å². The van der Waals surface area contributed by atoms with Crippen LogP contribution in [0, 0.1) is 17.8 Å². The van der Waals surface area contributed by atoms with Crippen LogP contribution in [-0.4, -0.2) is 71.3 Å². The lowest BCUT2D eigenvalue weighted by molar-refractivity contribution is -0.174. The van der Waals surface area contributed by atoms with E-state index < -0.39 is 47.8 Å². The summed E-state index contributed by atoms with van der Waals surface area (Å²) >= 11 is 0. The molecule has 11 nitrogen and oxygen atoms in total. The number of Topliss-reactive ketones (excluding diaryl/α,β-unsaturated/α-hetero) is 1. The van der Waals surface area contributed by atoms with E-state index in [1.807, 2.05) is 13.8 Å². The number of nitrogens with one attached hydrogen (secondary N) is 1. The Morgan fingerprint density at radius 3 is 2.00 bits per heavy atom. The Kier molecular flexibility index (Phi) is 25.9. The molecule has 0 unspecified atom stereocenters. The van der Waals surface area contributed by atoms with Gasteiger partial charge in [-0.3, -0.25) is 14.4 Å². The number of hydrogen-bond acceptors (Lipinski definition) is 9. The number of aliphatic carboxylic acids is 1. The number of unbranched alkanes of at least 4 members (excludes halogenated alkanes) is 10. The van der Waals surface area contributed by atoms with Crippen LogP contribution in [-0.2, 0) is 39.9 Å². The van der Waals surface area contributed by atoms with Crippen LogP contribution < -0.4 is 10.1 Å². The lowest BCUT2D eigenvalue weighted by Gasteiger charge is -2.30. The molecule has 3 atom stereocenters. The van der Waals surface area contributed by atoms with E-state index in [0.717, 1.165) is 44.9 Å². The highest BCUT2D eigenvalue weighted by Gasteiger charge is 2.49. The van der Waals surface area contributed by atoms with E-state index >= 15 is 0 Å². The molecular formula is C43H65NO10. The van der Waals surface area contributed by atoms with E-state index in [1.165, 1.54) is 25.3 Å². The van der Waals surface area contributed by atoms with Gasteiger partial charge in [-0.2, -0.15) is 0 Å². The second kappa shape index (κ2) is 29.2. The van der Waals surface area contributed by atoms with Gasteiger partial charge in [0, 0.05) is 19.3 Å². The van der Waals surface area contributed by atoms with Crippen molar-refractivity contribution in [1.29, 1.82) is 0 Å². The van der Waals surface area contributed by atoms with Gasteiger partial charge in [0.1, 0.15) is 24.2 Å². The van der Waals surface area contributed by atoms with Gasteiger partial charge in [0.2, 0.25) is 5.91 Å². The molecule has 0 aliphatic rings. The average molecular weight is 756 g/mol. The number of hydrogen-bond donors (Lipinski definition) is 3. The number of aliphatic hydroxyl groups is 1. The minimum atomic E-state index is -2.86. The summed E-state index contributed by atoms with van der Waals surface area (Å²) in [6.07, 6.45) is 15.0. The summed E-state index contributed by atoms with van der Waals surface area (Å²) in [7, 11) is 0. The van der Waals surface area contributed by atoms with Gasteiger partial charge in [-0.1, -0.05) is 102 Å². The van der Waals surface area contributed by atoms with E-state index in [9.17, 15) is 34.2 Å². The first-order valence-corrected chi connectivity index (χ1v) is 19.9. The van der Waals surface area contributed by atoms with Crippen molar-refractivity contribution in [3.63, 3.8) is 0 Å². The fourth-order valence-electron chi connectivity index (χ4n) is 5.63. The van der Waals surface area contributed by atoms with Gasteiger partial charge >= 0.3 is 17.9 Å². The molecular weight excluding hydrogens is 690 g/mol. The minimum absolute atomic E-state index is 0.00803. The number of carbonyl (C=O) groups is 5. The largest absolute Gasteiger partial charge is 0.481 e. The number of esters is 2. The molecule has 302 valence electrons. The molecule has 0 aromatic heterocycles. The van der Waals surface area contributed by atoms with Crippen molar-refractivity contribution in [3.05, 3.63) is 42.0 Å². The summed E-state index contributed by atoms with van der Waals surface area (Å²) in [5.74, 6) is 0.264. The molecule has 1 amide bonds. The van der Waals surface area contributed by atoms with Crippen molar-refractivity contribution < 1.29 is 48.4 Å². The van der Waals surface area contributed by atoms with Gasteiger partial charge in [-0.15, -0.1) is 5.92 Å². The van der Waals surface area contributed by atoms with Gasteiger partial charge in [-0.05, 0) is 63.1 Å². The predicted molar refractivity (Wildman–Crippen MR) is 209 cm³/mol. The first kappa shape index (κ1) is 47.9. The van der Waals surface area contributed by atoms with E-state index in [-0.39, 0.29) is 32.0 Å². The second-order valence-electron chi connectivity index (χ2n) is 13.7.